The number of aromatic nitrogens is 3. The zero-order valence-corrected chi connectivity index (χ0v) is 8.56. The molecule has 0 saturated carbocycles. The second-order valence-corrected chi connectivity index (χ2v) is 5.27. The summed E-state index contributed by atoms with van der Waals surface area (Å²) in [5.74, 6) is -0.109. The maximum atomic E-state index is 11.2. The fourth-order valence-corrected chi connectivity index (χ4v) is 2.88. The molecule has 0 aliphatic carbocycles. The second kappa shape index (κ2) is 2.92. The van der Waals surface area contributed by atoms with Crippen molar-refractivity contribution in [3.8, 4) is 0 Å². The minimum Gasteiger partial charge on any atom is -0.272 e. The number of rotatable bonds is 1. The highest BCUT2D eigenvalue weighted by Gasteiger charge is 2.24. The van der Waals surface area contributed by atoms with Gasteiger partial charge in [0.1, 0.15) is 0 Å². The summed E-state index contributed by atoms with van der Waals surface area (Å²) in [5.41, 5.74) is -0.429. The molecule has 6 nitrogen and oxygen atoms in total. The van der Waals surface area contributed by atoms with Crippen LogP contribution in [0.3, 0.4) is 0 Å². The molecule has 0 radical (unpaired) electrons. The molecule has 0 amide bonds. The summed E-state index contributed by atoms with van der Waals surface area (Å²) in [5, 5.41) is 5.85. The van der Waals surface area contributed by atoms with Crippen LogP contribution in [0, 0.1) is 4.77 Å². The first-order valence-electron chi connectivity index (χ1n) is 3.80. The summed E-state index contributed by atoms with van der Waals surface area (Å²) in [7, 11) is -3.17. The molecule has 0 aromatic carbocycles. The van der Waals surface area contributed by atoms with Gasteiger partial charge in [0.05, 0.1) is 11.8 Å². The lowest BCUT2D eigenvalue weighted by Gasteiger charge is -2.04. The predicted octanol–water partition coefficient (Wildman–Crippen LogP) is -0.283. The Bertz CT molecular complexity index is 561. The van der Waals surface area contributed by atoms with E-state index in [1.54, 1.807) is 0 Å². The first kappa shape index (κ1) is 9.41. The van der Waals surface area contributed by atoms with E-state index in [4.69, 9.17) is 12.2 Å². The monoisotopic (exact) mass is 233 g/mol. The maximum absolute atomic E-state index is 11.2. The van der Waals surface area contributed by atoms with Gasteiger partial charge in [-0.05, 0) is 18.3 Å². The van der Waals surface area contributed by atoms with Gasteiger partial charge in [-0.3, -0.25) is 9.67 Å². The Balaban J connectivity index is 2.51. The Morgan fingerprint density at radius 2 is 2.21 bits per heavy atom. The number of allylic oxidation sites excluding steroid dienone is 1. The third-order valence-corrected chi connectivity index (χ3v) is 3.63. The summed E-state index contributed by atoms with van der Waals surface area (Å²) < 4.78 is 23.6. The molecular weight excluding hydrogens is 226 g/mol. The topological polar surface area (TPSA) is 87.7 Å². The Morgan fingerprint density at radius 1 is 1.50 bits per heavy atom. The molecule has 1 atom stereocenters. The van der Waals surface area contributed by atoms with Crippen LogP contribution in [0.2, 0.25) is 0 Å². The number of sulfone groups is 1. The Labute approximate surface area is 84.2 Å². The third kappa shape index (κ3) is 1.46. The van der Waals surface area contributed by atoms with Crippen molar-refractivity contribution in [2.45, 2.75) is 6.04 Å². The Hall–Kier alpha value is -1.15. The average Bonchev–Trinajstić information content (AvgIpc) is 2.56. The zero-order chi connectivity index (χ0) is 10.3. The number of hydrogen-bond acceptors (Lipinski definition) is 4. The van der Waals surface area contributed by atoms with Gasteiger partial charge in [0.15, 0.2) is 14.6 Å². The number of H-pyrrole nitrogens is 2. The number of hydrogen-bond donors (Lipinski definition) is 2. The van der Waals surface area contributed by atoms with Gasteiger partial charge in [0.2, 0.25) is 0 Å². The van der Waals surface area contributed by atoms with E-state index in [1.807, 2.05) is 0 Å². The highest BCUT2D eigenvalue weighted by molar-refractivity contribution is 7.94. The van der Waals surface area contributed by atoms with E-state index in [1.165, 1.54) is 10.6 Å². The van der Waals surface area contributed by atoms with Gasteiger partial charge in [0.25, 0.3) is 0 Å². The maximum Gasteiger partial charge on any atom is 0.342 e. The molecule has 1 aliphatic heterocycles. The van der Waals surface area contributed by atoms with E-state index in [9.17, 15) is 13.2 Å². The van der Waals surface area contributed by atoms with Gasteiger partial charge in [-0.1, -0.05) is 0 Å². The summed E-state index contributed by atoms with van der Waals surface area (Å²) in [6, 6.07) is -0.498. The van der Waals surface area contributed by atoms with Gasteiger partial charge in [-0.2, -0.15) is 0 Å². The minimum absolute atomic E-state index is 0.109. The molecule has 2 N–H and O–H groups in total. The number of nitrogens with zero attached hydrogens (tertiary/aromatic N) is 1. The van der Waals surface area contributed by atoms with E-state index in [-0.39, 0.29) is 10.5 Å². The van der Waals surface area contributed by atoms with Crippen LogP contribution >= 0.6 is 12.2 Å². The molecule has 0 saturated heterocycles. The SMILES string of the molecule is O=c1[nH][nH]c(=S)n1C1C=CS(=O)(=O)C1. The molecule has 2 rings (SSSR count). The van der Waals surface area contributed by atoms with E-state index < -0.39 is 21.6 Å². The van der Waals surface area contributed by atoms with Crippen LogP contribution in [0.1, 0.15) is 6.04 Å². The highest BCUT2D eigenvalue weighted by atomic mass is 32.2. The lowest BCUT2D eigenvalue weighted by atomic mass is 10.3. The number of aromatic amines is 2. The van der Waals surface area contributed by atoms with Crippen LogP contribution in [0.4, 0.5) is 0 Å². The fourth-order valence-electron chi connectivity index (χ4n) is 1.34. The predicted molar refractivity (Wildman–Crippen MR) is 52.2 cm³/mol. The van der Waals surface area contributed by atoms with Crippen molar-refractivity contribution >= 4 is 22.1 Å². The van der Waals surface area contributed by atoms with Gasteiger partial charge in [-0.15, -0.1) is 0 Å². The molecule has 1 aromatic heterocycles. The van der Waals surface area contributed by atoms with E-state index >= 15 is 0 Å². The molecule has 0 bridgehead atoms. The molecule has 2 heterocycles. The van der Waals surface area contributed by atoms with Crippen molar-refractivity contribution in [2.24, 2.45) is 0 Å². The smallest absolute Gasteiger partial charge is 0.272 e. The lowest BCUT2D eigenvalue weighted by molar-refractivity contribution is 0.586. The van der Waals surface area contributed by atoms with E-state index in [2.05, 4.69) is 10.2 Å². The second-order valence-electron chi connectivity index (χ2n) is 2.96. The standard InChI is InChI=1S/C6H7N3O3S2/c10-5-7-8-6(13)9(5)4-1-2-14(11,12)3-4/h1-2,4H,3H2,(H,7,10)(H,8,13). The molecule has 0 fully saturated rings. The number of nitrogens with one attached hydrogen (secondary N) is 2. The van der Waals surface area contributed by atoms with Gasteiger partial charge in [0, 0.05) is 5.41 Å². The molecule has 1 aromatic rings. The first-order valence-corrected chi connectivity index (χ1v) is 5.92. The fraction of sp³-hybridized carbons (Fsp3) is 0.333. The van der Waals surface area contributed by atoms with Crippen molar-refractivity contribution in [3.63, 3.8) is 0 Å². The van der Waals surface area contributed by atoms with Crippen LogP contribution < -0.4 is 5.69 Å². The molecule has 1 unspecified atom stereocenters. The van der Waals surface area contributed by atoms with Crippen molar-refractivity contribution in [2.75, 3.05) is 5.75 Å². The zero-order valence-electron chi connectivity index (χ0n) is 6.93. The largest absolute Gasteiger partial charge is 0.342 e. The summed E-state index contributed by atoms with van der Waals surface area (Å²) in [6.07, 6.45) is 1.45. The van der Waals surface area contributed by atoms with Crippen LogP contribution in [0.25, 0.3) is 0 Å². The van der Waals surface area contributed by atoms with Crippen molar-refractivity contribution < 1.29 is 8.42 Å². The van der Waals surface area contributed by atoms with Crippen LogP contribution in [0.5, 0.6) is 0 Å². The summed E-state index contributed by atoms with van der Waals surface area (Å²) in [6.45, 7) is 0. The van der Waals surface area contributed by atoms with Gasteiger partial charge >= 0.3 is 5.69 Å². The average molecular weight is 233 g/mol. The summed E-state index contributed by atoms with van der Waals surface area (Å²) in [4.78, 5) is 11.2. The quantitative estimate of drug-likeness (QED) is 0.653. The van der Waals surface area contributed by atoms with Crippen LogP contribution in [-0.4, -0.2) is 28.9 Å². The normalized spacial score (nSPS) is 24.1. The molecule has 1 aliphatic rings. The third-order valence-electron chi connectivity index (χ3n) is 1.96. The van der Waals surface area contributed by atoms with Crippen LogP contribution in [-0.2, 0) is 9.84 Å². The van der Waals surface area contributed by atoms with Crippen molar-refractivity contribution in [1.82, 2.24) is 14.8 Å². The van der Waals surface area contributed by atoms with E-state index in [0.29, 0.717) is 0 Å². The van der Waals surface area contributed by atoms with Crippen LogP contribution in [0.15, 0.2) is 16.3 Å². The van der Waals surface area contributed by atoms with Crippen molar-refractivity contribution in [3.05, 3.63) is 26.7 Å². The first-order chi connectivity index (χ1) is 6.49. The lowest BCUT2D eigenvalue weighted by Crippen LogP contribution is -2.23. The highest BCUT2D eigenvalue weighted by Crippen LogP contribution is 2.18. The molecular formula is C6H7N3O3S2. The molecule has 8 heteroatoms. The minimum atomic E-state index is -3.17. The Kier molecular flexibility index (Phi) is 1.96. The van der Waals surface area contributed by atoms with E-state index in [0.717, 1.165) is 5.41 Å². The van der Waals surface area contributed by atoms with Gasteiger partial charge < -0.3 is 0 Å². The molecule has 76 valence electrons. The Morgan fingerprint density at radius 3 is 2.64 bits per heavy atom. The molecule has 14 heavy (non-hydrogen) atoms. The van der Waals surface area contributed by atoms with Crippen molar-refractivity contribution in [1.29, 1.82) is 0 Å². The summed E-state index contributed by atoms with van der Waals surface area (Å²) >= 11 is 4.83. The van der Waals surface area contributed by atoms with Gasteiger partial charge in [-0.25, -0.2) is 18.3 Å². The molecule has 0 spiro atoms.